The molecule has 3 heterocycles. The highest BCUT2D eigenvalue weighted by molar-refractivity contribution is 5.98. The summed E-state index contributed by atoms with van der Waals surface area (Å²) in [7, 11) is 0. The van der Waals surface area contributed by atoms with Gasteiger partial charge in [0.25, 0.3) is 5.91 Å². The van der Waals surface area contributed by atoms with Crippen LogP contribution >= 0.6 is 0 Å². The van der Waals surface area contributed by atoms with Crippen molar-refractivity contribution >= 4 is 23.1 Å². The average Bonchev–Trinajstić information content (AvgIpc) is 3.15. The highest BCUT2D eigenvalue weighted by Crippen LogP contribution is 2.19. The lowest BCUT2D eigenvalue weighted by molar-refractivity contribution is -0.123. The van der Waals surface area contributed by atoms with Gasteiger partial charge in [0, 0.05) is 61.8 Å². The lowest BCUT2D eigenvalue weighted by Gasteiger charge is -2.34. The molecule has 1 aromatic carbocycles. The summed E-state index contributed by atoms with van der Waals surface area (Å²) in [5.41, 5.74) is 2.74. The van der Waals surface area contributed by atoms with Crippen molar-refractivity contribution in [3.05, 3.63) is 66.1 Å². The minimum Gasteiger partial charge on any atom is -0.336 e. The topological polar surface area (TPSA) is 70.0 Å². The Kier molecular flexibility index (Phi) is 5.78. The first-order valence-corrected chi connectivity index (χ1v) is 10.7. The van der Waals surface area contributed by atoms with Gasteiger partial charge in [-0.2, -0.15) is 0 Å². The van der Waals surface area contributed by atoms with E-state index in [2.05, 4.69) is 21.4 Å². The Bertz CT molecular complexity index is 1060. The van der Waals surface area contributed by atoms with E-state index in [4.69, 9.17) is 0 Å². The van der Waals surface area contributed by atoms with Gasteiger partial charge in [-0.25, -0.2) is 4.98 Å². The predicted molar refractivity (Wildman–Crippen MR) is 121 cm³/mol. The molecule has 0 spiro atoms. The molecule has 7 heteroatoms. The molecule has 7 nitrogen and oxygen atoms in total. The number of amides is 2. The summed E-state index contributed by atoms with van der Waals surface area (Å²) in [6, 6.07) is 13.2. The standard InChI is InChI=1S/C24H29N5O2/c1-24(2,3)23(31)26-19-8-6-7-18(15-19)22(30)28-13-11-27(12-14-28)16-20-17-29-10-5-4-9-21(29)25-20/h4-10,15,17H,11-14,16H2,1-3H3,(H,26,31). The summed E-state index contributed by atoms with van der Waals surface area (Å²) < 4.78 is 2.03. The summed E-state index contributed by atoms with van der Waals surface area (Å²) in [5, 5.41) is 2.90. The van der Waals surface area contributed by atoms with E-state index in [9.17, 15) is 9.59 Å². The van der Waals surface area contributed by atoms with Crippen LogP contribution in [0.3, 0.4) is 0 Å². The van der Waals surface area contributed by atoms with Crippen LogP contribution in [0.4, 0.5) is 5.69 Å². The van der Waals surface area contributed by atoms with Gasteiger partial charge in [-0.3, -0.25) is 14.5 Å². The van der Waals surface area contributed by atoms with Crippen molar-refractivity contribution in [3.63, 3.8) is 0 Å². The molecule has 1 aliphatic rings. The van der Waals surface area contributed by atoms with Crippen molar-refractivity contribution in [2.24, 2.45) is 5.41 Å². The Labute approximate surface area is 182 Å². The average molecular weight is 420 g/mol. The Morgan fingerprint density at radius 2 is 1.81 bits per heavy atom. The third-order valence-electron chi connectivity index (χ3n) is 5.51. The maximum absolute atomic E-state index is 13.0. The molecule has 3 aromatic rings. The van der Waals surface area contributed by atoms with Crippen molar-refractivity contribution < 1.29 is 9.59 Å². The second-order valence-electron chi connectivity index (χ2n) is 9.05. The van der Waals surface area contributed by atoms with Crippen LogP contribution < -0.4 is 5.32 Å². The van der Waals surface area contributed by atoms with Crippen LogP contribution in [0.2, 0.25) is 0 Å². The van der Waals surface area contributed by atoms with Crippen molar-refractivity contribution in [2.45, 2.75) is 27.3 Å². The van der Waals surface area contributed by atoms with Gasteiger partial charge in [0.1, 0.15) is 5.65 Å². The molecule has 1 N–H and O–H groups in total. The zero-order chi connectivity index (χ0) is 22.0. The molecule has 1 aliphatic heterocycles. The molecule has 4 rings (SSSR count). The van der Waals surface area contributed by atoms with E-state index >= 15 is 0 Å². The molecule has 2 amide bonds. The number of aromatic nitrogens is 2. The van der Waals surface area contributed by atoms with Crippen molar-refractivity contribution in [1.82, 2.24) is 19.2 Å². The molecule has 0 bridgehead atoms. The van der Waals surface area contributed by atoms with Gasteiger partial charge in [-0.05, 0) is 30.3 Å². The van der Waals surface area contributed by atoms with E-state index < -0.39 is 5.41 Å². The second-order valence-corrected chi connectivity index (χ2v) is 9.05. The lowest BCUT2D eigenvalue weighted by Crippen LogP contribution is -2.48. The van der Waals surface area contributed by atoms with Crippen LogP contribution in [0.1, 0.15) is 36.8 Å². The van der Waals surface area contributed by atoms with Gasteiger partial charge >= 0.3 is 0 Å². The maximum atomic E-state index is 13.0. The number of pyridine rings is 1. The van der Waals surface area contributed by atoms with Crippen molar-refractivity contribution in [2.75, 3.05) is 31.5 Å². The molecule has 0 aliphatic carbocycles. The number of fused-ring (bicyclic) bond motifs is 1. The first-order chi connectivity index (χ1) is 14.8. The van der Waals surface area contributed by atoms with Crippen LogP contribution in [0, 0.1) is 5.41 Å². The van der Waals surface area contributed by atoms with Gasteiger partial charge < -0.3 is 14.6 Å². The van der Waals surface area contributed by atoms with E-state index in [1.165, 1.54) is 0 Å². The zero-order valence-electron chi connectivity index (χ0n) is 18.3. The fourth-order valence-electron chi connectivity index (χ4n) is 3.63. The monoisotopic (exact) mass is 419 g/mol. The predicted octanol–water partition coefficient (Wildman–Crippen LogP) is 3.28. The Balaban J connectivity index is 1.34. The van der Waals surface area contributed by atoms with E-state index in [1.54, 1.807) is 12.1 Å². The number of piperazine rings is 1. The van der Waals surface area contributed by atoms with Gasteiger partial charge in [-0.15, -0.1) is 0 Å². The van der Waals surface area contributed by atoms with Gasteiger partial charge in [0.05, 0.1) is 5.69 Å². The van der Waals surface area contributed by atoms with Crippen molar-refractivity contribution in [3.8, 4) is 0 Å². The van der Waals surface area contributed by atoms with E-state index in [1.807, 2.05) is 66.6 Å². The highest BCUT2D eigenvalue weighted by Gasteiger charge is 2.24. The number of imidazole rings is 1. The first kappa shape index (κ1) is 21.1. The SMILES string of the molecule is CC(C)(C)C(=O)Nc1cccc(C(=O)N2CCN(Cc3cn4ccccc4n3)CC2)c1. The number of nitrogens with one attached hydrogen (secondary N) is 1. The summed E-state index contributed by atoms with van der Waals surface area (Å²) in [6.45, 7) is 9.32. The molecule has 0 saturated carbocycles. The van der Waals surface area contributed by atoms with E-state index in [-0.39, 0.29) is 11.8 Å². The molecule has 1 fully saturated rings. The number of carbonyl (C=O) groups is 2. The molecule has 2 aromatic heterocycles. The number of nitrogens with zero attached hydrogens (tertiary/aromatic N) is 4. The number of rotatable bonds is 4. The van der Waals surface area contributed by atoms with Crippen LogP contribution in [0.25, 0.3) is 5.65 Å². The molecular formula is C24H29N5O2. The number of anilines is 1. The second kappa shape index (κ2) is 8.51. The zero-order valence-corrected chi connectivity index (χ0v) is 18.3. The van der Waals surface area contributed by atoms with Crippen LogP contribution in [0.15, 0.2) is 54.9 Å². The number of carbonyl (C=O) groups excluding carboxylic acids is 2. The highest BCUT2D eigenvalue weighted by atomic mass is 16.2. The van der Waals surface area contributed by atoms with Gasteiger partial charge in [-0.1, -0.05) is 32.9 Å². The maximum Gasteiger partial charge on any atom is 0.254 e. The number of hydrogen-bond acceptors (Lipinski definition) is 4. The number of hydrogen-bond donors (Lipinski definition) is 1. The third kappa shape index (κ3) is 4.94. The molecule has 31 heavy (non-hydrogen) atoms. The quantitative estimate of drug-likeness (QED) is 0.705. The summed E-state index contributed by atoms with van der Waals surface area (Å²) in [5.74, 6) is -0.0723. The normalized spacial score (nSPS) is 15.3. The fraction of sp³-hybridized carbons (Fsp3) is 0.375. The van der Waals surface area contributed by atoms with Crippen LogP contribution in [-0.4, -0.2) is 57.2 Å². The van der Waals surface area contributed by atoms with Crippen LogP contribution in [0.5, 0.6) is 0 Å². The molecule has 162 valence electrons. The molecular weight excluding hydrogens is 390 g/mol. The molecule has 0 unspecified atom stereocenters. The minimum atomic E-state index is -0.489. The molecule has 1 saturated heterocycles. The third-order valence-corrected chi connectivity index (χ3v) is 5.51. The summed E-state index contributed by atoms with van der Waals surface area (Å²) in [6.07, 6.45) is 4.06. The Hall–Kier alpha value is -3.19. The molecule has 0 atom stereocenters. The van der Waals surface area contributed by atoms with Gasteiger partial charge in [0.2, 0.25) is 5.91 Å². The summed E-state index contributed by atoms with van der Waals surface area (Å²) >= 11 is 0. The Morgan fingerprint density at radius 3 is 2.52 bits per heavy atom. The minimum absolute atomic E-state index is 0.000706. The van der Waals surface area contributed by atoms with Gasteiger partial charge in [0.15, 0.2) is 0 Å². The Morgan fingerprint density at radius 1 is 1.03 bits per heavy atom. The van der Waals surface area contributed by atoms with Crippen molar-refractivity contribution in [1.29, 1.82) is 0 Å². The van der Waals surface area contributed by atoms with Crippen LogP contribution in [-0.2, 0) is 11.3 Å². The summed E-state index contributed by atoms with van der Waals surface area (Å²) in [4.78, 5) is 34.1. The number of benzene rings is 1. The fourth-order valence-corrected chi connectivity index (χ4v) is 3.63. The largest absolute Gasteiger partial charge is 0.336 e. The lowest BCUT2D eigenvalue weighted by atomic mass is 9.95. The smallest absolute Gasteiger partial charge is 0.254 e. The van der Waals surface area contributed by atoms with E-state index in [0.717, 1.165) is 31.0 Å². The first-order valence-electron chi connectivity index (χ1n) is 10.7. The van der Waals surface area contributed by atoms with E-state index in [0.29, 0.717) is 24.3 Å². The molecule has 0 radical (unpaired) electrons.